The van der Waals surface area contributed by atoms with Crippen molar-refractivity contribution in [3.05, 3.63) is 35.5 Å². The van der Waals surface area contributed by atoms with Gasteiger partial charge in [-0.3, -0.25) is 4.98 Å². The lowest BCUT2D eigenvalue weighted by atomic mass is 10.1. The zero-order valence-corrected chi connectivity index (χ0v) is 13.5. The predicted molar refractivity (Wildman–Crippen MR) is 86.6 cm³/mol. The fraction of sp³-hybridized carbons (Fsp3) is 0.438. The summed E-state index contributed by atoms with van der Waals surface area (Å²) in [4.78, 5) is 17.6. The summed E-state index contributed by atoms with van der Waals surface area (Å²) in [6.45, 7) is 6.66. The number of aromatic nitrogens is 3. The molecular weight excluding hydrogens is 278 g/mol. The summed E-state index contributed by atoms with van der Waals surface area (Å²) < 4.78 is 5.50. The molecule has 2 aromatic heterocycles. The van der Waals surface area contributed by atoms with Gasteiger partial charge in [-0.1, -0.05) is 0 Å². The molecule has 6 nitrogen and oxygen atoms in total. The first kappa shape index (κ1) is 14.6. The zero-order chi connectivity index (χ0) is 15.7. The molecule has 2 aromatic rings. The maximum absolute atomic E-state index is 5.50. The smallest absolute Gasteiger partial charge is 0.156 e. The normalized spacial score (nSPS) is 14.0. The molecule has 1 aliphatic rings. The molecule has 6 heteroatoms. The molecule has 3 rings (SSSR count). The lowest BCUT2D eigenvalue weighted by molar-refractivity contribution is 0.406. The fourth-order valence-electron chi connectivity index (χ4n) is 2.89. The fourth-order valence-corrected chi connectivity index (χ4v) is 2.89. The Balaban J connectivity index is 1.93. The van der Waals surface area contributed by atoms with E-state index in [-0.39, 0.29) is 0 Å². The predicted octanol–water partition coefficient (Wildman–Crippen LogP) is 1.95. The minimum atomic E-state index is 0.723. The van der Waals surface area contributed by atoms with Crippen molar-refractivity contribution in [2.45, 2.75) is 20.4 Å². The standard InChI is InChI=1S/C16H21N5O/c1-11-7-18-13(12(2)15(11)22-4)9-21-6-5-20(3)14-8-17-10-19-16(14)21/h7-8,10H,5-6,9H2,1-4H3. The van der Waals surface area contributed by atoms with Crippen LogP contribution in [0.15, 0.2) is 18.7 Å². The molecule has 0 aromatic carbocycles. The van der Waals surface area contributed by atoms with Gasteiger partial charge in [0, 0.05) is 37.5 Å². The molecule has 3 heterocycles. The third-order valence-corrected chi connectivity index (χ3v) is 4.18. The van der Waals surface area contributed by atoms with Crippen molar-refractivity contribution in [1.82, 2.24) is 15.0 Å². The van der Waals surface area contributed by atoms with E-state index in [2.05, 4.69) is 38.7 Å². The van der Waals surface area contributed by atoms with E-state index in [4.69, 9.17) is 4.74 Å². The monoisotopic (exact) mass is 299 g/mol. The van der Waals surface area contributed by atoms with Crippen molar-refractivity contribution in [2.75, 3.05) is 37.0 Å². The molecule has 0 fully saturated rings. The summed E-state index contributed by atoms with van der Waals surface area (Å²) in [5.74, 6) is 1.88. The van der Waals surface area contributed by atoms with E-state index in [9.17, 15) is 0 Å². The number of likely N-dealkylation sites (N-methyl/N-ethyl adjacent to an activating group) is 1. The summed E-state index contributed by atoms with van der Waals surface area (Å²) in [5.41, 5.74) is 4.24. The second-order valence-corrected chi connectivity index (χ2v) is 5.62. The molecule has 116 valence electrons. The Morgan fingerprint density at radius 1 is 1.18 bits per heavy atom. The zero-order valence-electron chi connectivity index (χ0n) is 13.5. The minimum Gasteiger partial charge on any atom is -0.496 e. The third-order valence-electron chi connectivity index (χ3n) is 4.18. The van der Waals surface area contributed by atoms with Crippen LogP contribution in [0.1, 0.15) is 16.8 Å². The minimum absolute atomic E-state index is 0.723. The number of pyridine rings is 1. The van der Waals surface area contributed by atoms with Gasteiger partial charge in [0.25, 0.3) is 0 Å². The van der Waals surface area contributed by atoms with E-state index in [1.165, 1.54) is 0 Å². The number of rotatable bonds is 3. The van der Waals surface area contributed by atoms with Gasteiger partial charge in [-0.15, -0.1) is 0 Å². The van der Waals surface area contributed by atoms with Gasteiger partial charge in [0.2, 0.25) is 0 Å². The van der Waals surface area contributed by atoms with Gasteiger partial charge in [-0.25, -0.2) is 9.97 Å². The van der Waals surface area contributed by atoms with Crippen LogP contribution >= 0.6 is 0 Å². The Hall–Kier alpha value is -2.37. The van der Waals surface area contributed by atoms with Gasteiger partial charge < -0.3 is 14.5 Å². The Morgan fingerprint density at radius 3 is 2.77 bits per heavy atom. The van der Waals surface area contributed by atoms with Crippen molar-refractivity contribution in [1.29, 1.82) is 0 Å². The second kappa shape index (κ2) is 5.79. The largest absolute Gasteiger partial charge is 0.496 e. The van der Waals surface area contributed by atoms with E-state index >= 15 is 0 Å². The first-order chi connectivity index (χ1) is 10.6. The Kier molecular flexibility index (Phi) is 3.83. The lowest BCUT2D eigenvalue weighted by Crippen LogP contribution is -2.39. The number of hydrogen-bond donors (Lipinski definition) is 0. The summed E-state index contributed by atoms with van der Waals surface area (Å²) in [7, 11) is 3.77. The van der Waals surface area contributed by atoms with Crippen LogP contribution in [0.25, 0.3) is 0 Å². The van der Waals surface area contributed by atoms with E-state index in [1.807, 2.05) is 19.3 Å². The molecule has 1 aliphatic heterocycles. The summed E-state index contributed by atoms with van der Waals surface area (Å²) in [6, 6.07) is 0. The van der Waals surface area contributed by atoms with Crippen LogP contribution in [0, 0.1) is 13.8 Å². The number of anilines is 2. The van der Waals surface area contributed by atoms with Gasteiger partial charge in [0.05, 0.1) is 31.2 Å². The summed E-state index contributed by atoms with van der Waals surface area (Å²) >= 11 is 0. The molecule has 0 bridgehead atoms. The van der Waals surface area contributed by atoms with Crippen LogP contribution in [-0.4, -0.2) is 42.2 Å². The maximum atomic E-state index is 5.50. The second-order valence-electron chi connectivity index (χ2n) is 5.62. The molecule has 0 saturated heterocycles. The number of hydrogen-bond acceptors (Lipinski definition) is 6. The van der Waals surface area contributed by atoms with Crippen LogP contribution in [0.5, 0.6) is 5.75 Å². The van der Waals surface area contributed by atoms with Gasteiger partial charge in [0.1, 0.15) is 12.1 Å². The average molecular weight is 299 g/mol. The molecule has 0 aliphatic carbocycles. The van der Waals surface area contributed by atoms with Gasteiger partial charge >= 0.3 is 0 Å². The van der Waals surface area contributed by atoms with Crippen LogP contribution in [0.4, 0.5) is 11.5 Å². The first-order valence-corrected chi connectivity index (χ1v) is 7.37. The van der Waals surface area contributed by atoms with E-state index in [0.29, 0.717) is 0 Å². The van der Waals surface area contributed by atoms with E-state index < -0.39 is 0 Å². The highest BCUT2D eigenvalue weighted by Gasteiger charge is 2.23. The number of fused-ring (bicyclic) bond motifs is 1. The van der Waals surface area contributed by atoms with Crippen molar-refractivity contribution in [2.24, 2.45) is 0 Å². The molecule has 0 atom stereocenters. The van der Waals surface area contributed by atoms with E-state index in [1.54, 1.807) is 13.4 Å². The van der Waals surface area contributed by atoms with Gasteiger partial charge in [-0.2, -0.15) is 0 Å². The molecule has 0 saturated carbocycles. The number of ether oxygens (including phenoxy) is 1. The summed E-state index contributed by atoms with van der Waals surface area (Å²) in [6.07, 6.45) is 5.34. The molecule has 0 spiro atoms. The van der Waals surface area contributed by atoms with Gasteiger partial charge in [-0.05, 0) is 13.8 Å². The van der Waals surface area contributed by atoms with Crippen molar-refractivity contribution in [3.63, 3.8) is 0 Å². The molecular formula is C16H21N5O. The molecule has 0 radical (unpaired) electrons. The number of aryl methyl sites for hydroxylation is 1. The van der Waals surface area contributed by atoms with Gasteiger partial charge in [0.15, 0.2) is 5.82 Å². The highest BCUT2D eigenvalue weighted by molar-refractivity contribution is 5.67. The number of methoxy groups -OCH3 is 1. The van der Waals surface area contributed by atoms with Crippen LogP contribution in [0.2, 0.25) is 0 Å². The maximum Gasteiger partial charge on any atom is 0.156 e. The van der Waals surface area contributed by atoms with Crippen LogP contribution in [0.3, 0.4) is 0 Å². The molecule has 0 unspecified atom stereocenters. The van der Waals surface area contributed by atoms with Crippen LogP contribution < -0.4 is 14.5 Å². The molecule has 22 heavy (non-hydrogen) atoms. The summed E-state index contributed by atoms with van der Waals surface area (Å²) in [5, 5.41) is 0. The highest BCUT2D eigenvalue weighted by atomic mass is 16.5. The Morgan fingerprint density at radius 2 is 2.00 bits per heavy atom. The third kappa shape index (κ3) is 2.45. The first-order valence-electron chi connectivity index (χ1n) is 7.37. The van der Waals surface area contributed by atoms with Crippen LogP contribution in [-0.2, 0) is 6.54 Å². The van der Waals surface area contributed by atoms with Crippen molar-refractivity contribution < 1.29 is 4.74 Å². The van der Waals surface area contributed by atoms with Crippen molar-refractivity contribution in [3.8, 4) is 5.75 Å². The molecule has 0 N–H and O–H groups in total. The topological polar surface area (TPSA) is 54.4 Å². The van der Waals surface area contributed by atoms with E-state index in [0.717, 1.165) is 53.7 Å². The SMILES string of the molecule is COc1c(C)cnc(CN2CCN(C)c3cncnc32)c1C. The highest BCUT2D eigenvalue weighted by Crippen LogP contribution is 2.31. The van der Waals surface area contributed by atoms with Crippen molar-refractivity contribution >= 4 is 11.5 Å². The lowest BCUT2D eigenvalue weighted by Gasteiger charge is -2.35. The average Bonchev–Trinajstić information content (AvgIpc) is 2.53. The quantitative estimate of drug-likeness (QED) is 0.863. The Labute approximate surface area is 130 Å². The Bertz CT molecular complexity index is 688. The number of nitrogens with zero attached hydrogens (tertiary/aromatic N) is 5. The molecule has 0 amide bonds.